The predicted molar refractivity (Wildman–Crippen MR) is 90.4 cm³/mol. The minimum absolute atomic E-state index is 0.775. The third-order valence-electron chi connectivity index (χ3n) is 4.04. The van der Waals surface area contributed by atoms with Gasteiger partial charge < -0.3 is 9.88 Å². The number of para-hydroxylation sites is 1. The zero-order valence-corrected chi connectivity index (χ0v) is 12.5. The topological polar surface area (TPSA) is 17.0 Å². The summed E-state index contributed by atoms with van der Waals surface area (Å²) in [5.41, 5.74) is 5.93. The average molecular weight is 295 g/mol. The summed E-state index contributed by atoms with van der Waals surface area (Å²) in [5.74, 6) is 0. The van der Waals surface area contributed by atoms with Crippen LogP contribution in [0, 0.1) is 6.92 Å². The van der Waals surface area contributed by atoms with Gasteiger partial charge in [-0.25, -0.2) is 0 Å². The minimum Gasteiger partial charge on any atom is -0.353 e. The number of aromatic nitrogens is 1. The third kappa shape index (κ3) is 1.95. The number of anilines is 2. The first kappa shape index (κ1) is 12.5. The van der Waals surface area contributed by atoms with Crippen LogP contribution in [0.3, 0.4) is 0 Å². The summed E-state index contributed by atoms with van der Waals surface area (Å²) in [7, 11) is 0. The van der Waals surface area contributed by atoms with Crippen molar-refractivity contribution in [1.82, 2.24) is 4.57 Å². The normalized spacial score (nSPS) is 12.9. The first-order chi connectivity index (χ1) is 10.2. The second-order valence-electron chi connectivity index (χ2n) is 5.37. The average Bonchev–Trinajstić information content (AvgIpc) is 3.04. The Bertz CT molecular complexity index is 874. The van der Waals surface area contributed by atoms with E-state index in [0.29, 0.717) is 0 Å². The first-order valence-electron chi connectivity index (χ1n) is 7.05. The molecule has 0 unspecified atom stereocenters. The maximum Gasteiger partial charge on any atom is 0.0720 e. The van der Waals surface area contributed by atoms with Crippen molar-refractivity contribution < 1.29 is 0 Å². The Morgan fingerprint density at radius 3 is 2.86 bits per heavy atom. The smallest absolute Gasteiger partial charge is 0.0720 e. The lowest BCUT2D eigenvalue weighted by Crippen LogP contribution is -1.95. The zero-order valence-electron chi connectivity index (χ0n) is 11.7. The molecule has 0 bridgehead atoms. The van der Waals surface area contributed by atoms with Gasteiger partial charge in [0.1, 0.15) is 0 Å². The van der Waals surface area contributed by atoms with Crippen LogP contribution in [0.5, 0.6) is 0 Å². The summed E-state index contributed by atoms with van der Waals surface area (Å²) in [6.45, 7) is 3.02. The van der Waals surface area contributed by atoms with Gasteiger partial charge in [0.2, 0.25) is 0 Å². The molecule has 0 amide bonds. The van der Waals surface area contributed by atoms with Gasteiger partial charge in [-0.05, 0) is 42.8 Å². The standard InChI is InChI=1S/C18H15ClN2/c1-12-5-2-3-6-15(12)20-18-14-9-8-13(19)11-17(14)21-10-4-7-16(18)21/h2-9,11,20H,10H2,1H3. The molecule has 0 saturated carbocycles. The molecule has 3 heteroatoms. The molecule has 2 nitrogen and oxygen atoms in total. The SMILES string of the molecule is Cc1ccccc1Nc1c2n(c3cc(Cl)ccc13)CC=C2. The number of halogens is 1. The lowest BCUT2D eigenvalue weighted by molar-refractivity contribution is 0.883. The van der Waals surface area contributed by atoms with Crippen LogP contribution < -0.4 is 5.32 Å². The summed E-state index contributed by atoms with van der Waals surface area (Å²) < 4.78 is 2.29. The Hall–Kier alpha value is -2.19. The van der Waals surface area contributed by atoms with Crippen LogP contribution in [0.15, 0.2) is 48.5 Å². The number of allylic oxidation sites excluding steroid dienone is 1. The molecule has 3 aromatic rings. The number of benzene rings is 2. The highest BCUT2D eigenvalue weighted by molar-refractivity contribution is 6.31. The molecule has 21 heavy (non-hydrogen) atoms. The maximum atomic E-state index is 6.16. The molecule has 1 aromatic heterocycles. The van der Waals surface area contributed by atoms with Crippen LogP contribution in [0.2, 0.25) is 5.02 Å². The van der Waals surface area contributed by atoms with E-state index < -0.39 is 0 Å². The Kier molecular flexibility index (Phi) is 2.79. The zero-order chi connectivity index (χ0) is 14.4. The monoisotopic (exact) mass is 294 g/mol. The van der Waals surface area contributed by atoms with Gasteiger partial charge >= 0.3 is 0 Å². The summed E-state index contributed by atoms with van der Waals surface area (Å²) in [6, 6.07) is 14.4. The maximum absolute atomic E-state index is 6.16. The highest BCUT2D eigenvalue weighted by atomic mass is 35.5. The number of rotatable bonds is 2. The van der Waals surface area contributed by atoms with Crippen molar-refractivity contribution in [3.63, 3.8) is 0 Å². The van der Waals surface area contributed by atoms with E-state index in [1.807, 2.05) is 12.1 Å². The lowest BCUT2D eigenvalue weighted by Gasteiger charge is -2.09. The van der Waals surface area contributed by atoms with Crippen molar-refractivity contribution in [2.24, 2.45) is 0 Å². The van der Waals surface area contributed by atoms with Crippen molar-refractivity contribution >= 4 is 40.0 Å². The largest absolute Gasteiger partial charge is 0.353 e. The molecule has 2 heterocycles. The number of nitrogens with one attached hydrogen (secondary N) is 1. The van der Waals surface area contributed by atoms with Crippen LogP contribution in [0.25, 0.3) is 17.0 Å². The van der Waals surface area contributed by atoms with Gasteiger partial charge in [-0.15, -0.1) is 0 Å². The molecule has 4 rings (SSSR count). The lowest BCUT2D eigenvalue weighted by atomic mass is 10.1. The number of hydrogen-bond donors (Lipinski definition) is 1. The van der Waals surface area contributed by atoms with Crippen LogP contribution >= 0.6 is 11.6 Å². The molecule has 1 aliphatic rings. The summed E-state index contributed by atoms with van der Waals surface area (Å²) in [5, 5.41) is 5.59. The Labute approximate surface area is 128 Å². The van der Waals surface area contributed by atoms with E-state index >= 15 is 0 Å². The first-order valence-corrected chi connectivity index (χ1v) is 7.43. The van der Waals surface area contributed by atoms with Crippen molar-refractivity contribution in [3.05, 3.63) is 64.8 Å². The quantitative estimate of drug-likeness (QED) is 0.672. The van der Waals surface area contributed by atoms with E-state index in [-0.39, 0.29) is 0 Å². The molecule has 0 atom stereocenters. The summed E-state index contributed by atoms with van der Waals surface area (Å²) in [4.78, 5) is 0. The molecule has 2 aromatic carbocycles. The fourth-order valence-corrected chi connectivity index (χ4v) is 3.13. The predicted octanol–water partition coefficient (Wildman–Crippen LogP) is 5.37. The minimum atomic E-state index is 0.775. The van der Waals surface area contributed by atoms with E-state index in [1.54, 1.807) is 0 Å². The van der Waals surface area contributed by atoms with Gasteiger partial charge in [-0.2, -0.15) is 0 Å². The molecule has 0 radical (unpaired) electrons. The summed E-state index contributed by atoms with van der Waals surface area (Å²) >= 11 is 6.16. The van der Waals surface area contributed by atoms with Crippen LogP contribution in [-0.2, 0) is 6.54 Å². The Morgan fingerprint density at radius 1 is 1.14 bits per heavy atom. The van der Waals surface area contributed by atoms with E-state index in [0.717, 1.165) is 22.9 Å². The Morgan fingerprint density at radius 2 is 2.00 bits per heavy atom. The van der Waals surface area contributed by atoms with Gasteiger partial charge in [0.15, 0.2) is 0 Å². The van der Waals surface area contributed by atoms with Crippen molar-refractivity contribution in [2.45, 2.75) is 13.5 Å². The molecule has 0 fully saturated rings. The third-order valence-corrected chi connectivity index (χ3v) is 4.27. The van der Waals surface area contributed by atoms with E-state index in [4.69, 9.17) is 11.6 Å². The molecule has 1 aliphatic heterocycles. The molecule has 0 spiro atoms. The van der Waals surface area contributed by atoms with Gasteiger partial charge in [-0.1, -0.05) is 35.9 Å². The number of fused-ring (bicyclic) bond motifs is 3. The van der Waals surface area contributed by atoms with Crippen LogP contribution in [0.1, 0.15) is 11.3 Å². The van der Waals surface area contributed by atoms with Crippen LogP contribution in [0.4, 0.5) is 11.4 Å². The molecule has 1 N–H and O–H groups in total. The fourth-order valence-electron chi connectivity index (χ4n) is 2.96. The summed E-state index contributed by atoms with van der Waals surface area (Å²) in [6.07, 6.45) is 4.35. The molecule has 104 valence electrons. The molecular formula is C18H15ClN2. The van der Waals surface area contributed by atoms with Crippen LogP contribution in [-0.4, -0.2) is 4.57 Å². The Balaban J connectivity index is 1.93. The van der Waals surface area contributed by atoms with E-state index in [2.05, 4.69) is 59.3 Å². The molecule has 0 saturated heterocycles. The van der Waals surface area contributed by atoms with E-state index in [9.17, 15) is 0 Å². The highest BCUT2D eigenvalue weighted by Crippen LogP contribution is 2.38. The van der Waals surface area contributed by atoms with Gasteiger partial charge in [0.05, 0.1) is 16.9 Å². The fraction of sp³-hybridized carbons (Fsp3) is 0.111. The number of nitrogens with zero attached hydrogens (tertiary/aromatic N) is 1. The number of hydrogen-bond acceptors (Lipinski definition) is 1. The highest BCUT2D eigenvalue weighted by Gasteiger charge is 2.18. The second-order valence-corrected chi connectivity index (χ2v) is 5.81. The second kappa shape index (κ2) is 4.68. The van der Waals surface area contributed by atoms with Crippen molar-refractivity contribution in [2.75, 3.05) is 5.32 Å². The number of aryl methyl sites for hydroxylation is 1. The molecule has 0 aliphatic carbocycles. The van der Waals surface area contributed by atoms with E-state index in [1.165, 1.54) is 22.2 Å². The van der Waals surface area contributed by atoms with Crippen molar-refractivity contribution in [1.29, 1.82) is 0 Å². The van der Waals surface area contributed by atoms with Gasteiger partial charge in [-0.3, -0.25) is 0 Å². The van der Waals surface area contributed by atoms with Gasteiger partial charge in [0.25, 0.3) is 0 Å². The molecular weight excluding hydrogens is 280 g/mol. The van der Waals surface area contributed by atoms with Crippen molar-refractivity contribution in [3.8, 4) is 0 Å². The van der Waals surface area contributed by atoms with Gasteiger partial charge in [0, 0.05) is 22.6 Å².